The summed E-state index contributed by atoms with van der Waals surface area (Å²) in [5.41, 5.74) is -1.72. The smallest absolute Gasteiger partial charge is 0.340 e. The molecule has 2 aromatic rings. The predicted molar refractivity (Wildman–Crippen MR) is 186 cm³/mol. The molecular formula is C40H50N2O8. The van der Waals surface area contributed by atoms with Gasteiger partial charge in [-0.3, -0.25) is 9.69 Å². The minimum Gasteiger partial charge on any atom is -0.454 e. The molecule has 8 rings (SSSR count). The van der Waals surface area contributed by atoms with Crippen LogP contribution >= 0.6 is 0 Å². The van der Waals surface area contributed by atoms with Crippen LogP contribution in [0, 0.1) is 36.0 Å². The molecule has 1 unspecified atom stereocenters. The van der Waals surface area contributed by atoms with Crippen molar-refractivity contribution in [3.63, 3.8) is 0 Å². The van der Waals surface area contributed by atoms with Crippen molar-refractivity contribution in [1.82, 2.24) is 4.90 Å². The largest absolute Gasteiger partial charge is 0.454 e. The number of hydrogen-bond acceptors (Lipinski definition) is 9. The summed E-state index contributed by atoms with van der Waals surface area (Å²) in [5.74, 6) is -1.75. The van der Waals surface area contributed by atoms with E-state index in [-0.39, 0.29) is 53.4 Å². The first-order valence-electron chi connectivity index (χ1n) is 18.2. The number of likely N-dealkylation sites (tertiary alicyclic amines) is 1. The maximum atomic E-state index is 14.4. The van der Waals surface area contributed by atoms with Gasteiger partial charge in [-0.1, -0.05) is 48.9 Å². The normalized spacial score (nSPS) is 42.5. The number of likely N-dealkylation sites (N-methyl/N-ethyl adjacent to an activating group) is 1. The lowest BCUT2D eigenvalue weighted by Gasteiger charge is -2.70. The predicted octanol–water partition coefficient (Wildman–Crippen LogP) is 4.22. The molecule has 3 N–H and O–H groups in total. The SMILES string of the molecule is CCN1C[C@]2(OC(=O)c3ccccc3NC(=O)/C=C/c3ccc(C)cc3)CC[C@H](OC)[C@]34C1[C@@H](C[C@H]23)[C@@]1(O)C[C@H](OC)[C@H]2C[C@@H]4[C@]1(O)[C@H]2OC. The van der Waals surface area contributed by atoms with Gasteiger partial charge in [-0.25, -0.2) is 4.79 Å². The van der Waals surface area contributed by atoms with Gasteiger partial charge in [0.15, 0.2) is 0 Å². The van der Waals surface area contributed by atoms with Crippen LogP contribution in [-0.2, 0) is 23.7 Å². The van der Waals surface area contributed by atoms with E-state index in [0.717, 1.165) is 11.1 Å². The first-order chi connectivity index (χ1) is 24.0. The fourth-order valence-electron chi connectivity index (χ4n) is 12.4. The number of piperidine rings is 1. The molecule has 10 nitrogen and oxygen atoms in total. The van der Waals surface area contributed by atoms with Crippen molar-refractivity contribution in [2.24, 2.45) is 29.1 Å². The van der Waals surface area contributed by atoms with E-state index in [4.69, 9.17) is 18.9 Å². The third kappa shape index (κ3) is 4.35. The number of esters is 1. The molecule has 1 heterocycles. The van der Waals surface area contributed by atoms with Crippen LogP contribution in [0.5, 0.6) is 0 Å². The fourth-order valence-corrected chi connectivity index (χ4v) is 12.4. The molecule has 268 valence electrons. The maximum absolute atomic E-state index is 14.4. The number of methoxy groups -OCH3 is 3. The van der Waals surface area contributed by atoms with Crippen LogP contribution in [0.2, 0.25) is 0 Å². The quantitative estimate of drug-likeness (QED) is 0.263. The maximum Gasteiger partial charge on any atom is 0.340 e. The zero-order chi connectivity index (χ0) is 35.2. The third-order valence-corrected chi connectivity index (χ3v) is 14.1. The number of nitrogens with one attached hydrogen (secondary N) is 1. The summed E-state index contributed by atoms with van der Waals surface area (Å²) in [6.07, 6.45) is 4.97. The highest BCUT2D eigenvalue weighted by atomic mass is 16.6. The number of nitrogens with zero attached hydrogens (tertiary/aromatic N) is 1. The molecule has 10 heteroatoms. The lowest BCUT2D eigenvalue weighted by Crippen LogP contribution is -2.83. The van der Waals surface area contributed by atoms with Gasteiger partial charge in [-0.05, 0) is 62.9 Å². The van der Waals surface area contributed by atoms with Gasteiger partial charge < -0.3 is 34.5 Å². The van der Waals surface area contributed by atoms with Gasteiger partial charge in [-0.15, -0.1) is 0 Å². The summed E-state index contributed by atoms with van der Waals surface area (Å²) < 4.78 is 25.3. The molecule has 5 aliphatic carbocycles. The Morgan fingerprint density at radius 1 is 1.00 bits per heavy atom. The lowest BCUT2D eigenvalue weighted by molar-refractivity contribution is -0.337. The Labute approximate surface area is 294 Å². The minimum atomic E-state index is -1.50. The van der Waals surface area contributed by atoms with Gasteiger partial charge in [0, 0.05) is 75.5 Å². The molecule has 1 saturated heterocycles. The number of carbonyl (C=O) groups excluding carboxylic acids is 2. The van der Waals surface area contributed by atoms with Crippen LogP contribution in [0.4, 0.5) is 5.69 Å². The summed E-state index contributed by atoms with van der Waals surface area (Å²) in [6.45, 7) is 5.35. The van der Waals surface area contributed by atoms with Gasteiger partial charge in [0.1, 0.15) is 16.8 Å². The highest BCUT2D eigenvalue weighted by molar-refractivity contribution is 6.06. The molecule has 5 saturated carbocycles. The Kier molecular flexibility index (Phi) is 8.14. The Morgan fingerprint density at radius 2 is 1.76 bits per heavy atom. The van der Waals surface area contributed by atoms with Crippen LogP contribution in [-0.4, -0.2) is 103 Å². The second kappa shape index (κ2) is 12.0. The Bertz CT molecular complexity index is 1700. The van der Waals surface area contributed by atoms with E-state index in [1.807, 2.05) is 31.2 Å². The fraction of sp³-hybridized carbons (Fsp3) is 0.600. The van der Waals surface area contributed by atoms with Gasteiger partial charge in [0.25, 0.3) is 0 Å². The van der Waals surface area contributed by atoms with Crippen molar-refractivity contribution in [1.29, 1.82) is 0 Å². The summed E-state index contributed by atoms with van der Waals surface area (Å²) in [7, 11) is 5.06. The van der Waals surface area contributed by atoms with Crippen molar-refractivity contribution in [2.45, 2.75) is 87.1 Å². The van der Waals surface area contributed by atoms with Crippen molar-refractivity contribution in [2.75, 3.05) is 39.7 Å². The summed E-state index contributed by atoms with van der Waals surface area (Å²) in [5, 5.41) is 28.8. The number of anilines is 1. The highest BCUT2D eigenvalue weighted by Gasteiger charge is 2.89. The Morgan fingerprint density at radius 3 is 2.46 bits per heavy atom. The summed E-state index contributed by atoms with van der Waals surface area (Å²) in [4.78, 5) is 29.9. The monoisotopic (exact) mass is 686 g/mol. The second-order valence-corrected chi connectivity index (χ2v) is 15.7. The first-order valence-corrected chi connectivity index (χ1v) is 18.2. The van der Waals surface area contributed by atoms with E-state index < -0.39 is 34.3 Å². The molecule has 50 heavy (non-hydrogen) atoms. The summed E-state index contributed by atoms with van der Waals surface area (Å²) >= 11 is 0. The molecule has 7 bridgehead atoms. The molecular weight excluding hydrogens is 636 g/mol. The van der Waals surface area contributed by atoms with Crippen molar-refractivity contribution in [3.8, 4) is 0 Å². The standard InChI is InChI=1S/C40H50N2O8/c1-6-42-22-37(50-36(44)25-9-7-8-10-28(25)41-33(43)16-15-24-13-11-23(2)12-14-24)18-17-32(48-4)39-30(37)20-27(34(39)42)38(45)21-29(47-3)26-19-31(39)40(38,46)35(26)49-5/h7-16,26-27,29-32,34-35,45-46H,6,17-22H2,1-5H3,(H,41,43)/b16-15+/t26-,27-,29+,30-,31+,32+,34?,35+,37-,38+,39+,40+/m1/s1. The number of hydrogen-bond donors (Lipinski definition) is 3. The molecule has 2 aromatic carbocycles. The second-order valence-electron chi connectivity index (χ2n) is 15.7. The molecule has 6 aliphatic rings. The Balaban J connectivity index is 1.15. The van der Waals surface area contributed by atoms with Crippen LogP contribution in [0.3, 0.4) is 0 Å². The van der Waals surface area contributed by atoms with E-state index in [0.29, 0.717) is 50.9 Å². The number of carbonyl (C=O) groups is 2. The van der Waals surface area contributed by atoms with E-state index in [9.17, 15) is 19.8 Å². The lowest BCUT2D eigenvalue weighted by atomic mass is 9.44. The van der Waals surface area contributed by atoms with Crippen LogP contribution in [0.15, 0.2) is 54.6 Å². The zero-order valence-electron chi connectivity index (χ0n) is 29.6. The van der Waals surface area contributed by atoms with E-state index in [1.54, 1.807) is 51.7 Å². The van der Waals surface area contributed by atoms with Gasteiger partial charge in [0.2, 0.25) is 5.91 Å². The number of aliphatic hydroxyl groups is 2. The average Bonchev–Trinajstić information content (AvgIpc) is 3.54. The number of para-hydroxylation sites is 1. The molecule has 1 aliphatic heterocycles. The first kappa shape index (κ1) is 34.0. The molecule has 12 atom stereocenters. The van der Waals surface area contributed by atoms with E-state index in [2.05, 4.69) is 17.1 Å². The molecule has 6 fully saturated rings. The Hall–Kier alpha value is -3.12. The van der Waals surface area contributed by atoms with Gasteiger partial charge in [0.05, 0.1) is 29.6 Å². The molecule has 0 radical (unpaired) electrons. The average molecular weight is 687 g/mol. The molecule has 0 aromatic heterocycles. The summed E-state index contributed by atoms with van der Waals surface area (Å²) in [6, 6.07) is 14.8. The topological polar surface area (TPSA) is 127 Å². The zero-order valence-corrected chi connectivity index (χ0v) is 29.6. The number of fused-ring (bicyclic) bond motifs is 2. The van der Waals surface area contributed by atoms with Crippen LogP contribution in [0.25, 0.3) is 6.08 Å². The number of amides is 1. The van der Waals surface area contributed by atoms with E-state index >= 15 is 0 Å². The minimum absolute atomic E-state index is 0.0661. The van der Waals surface area contributed by atoms with Crippen LogP contribution in [0.1, 0.15) is 60.5 Å². The number of benzene rings is 2. The van der Waals surface area contributed by atoms with Gasteiger partial charge >= 0.3 is 5.97 Å². The highest BCUT2D eigenvalue weighted by Crippen LogP contribution is 2.79. The molecule has 1 amide bonds. The van der Waals surface area contributed by atoms with Crippen molar-refractivity contribution >= 4 is 23.6 Å². The number of aryl methyl sites for hydroxylation is 1. The van der Waals surface area contributed by atoms with Crippen molar-refractivity contribution in [3.05, 3.63) is 71.3 Å². The number of ether oxygens (including phenoxy) is 4. The van der Waals surface area contributed by atoms with E-state index in [1.165, 1.54) is 6.08 Å². The molecule has 1 spiro atoms. The number of rotatable bonds is 9. The van der Waals surface area contributed by atoms with Crippen molar-refractivity contribution < 1.29 is 38.7 Å². The van der Waals surface area contributed by atoms with Gasteiger partial charge in [-0.2, -0.15) is 0 Å². The third-order valence-electron chi connectivity index (χ3n) is 14.1. The van der Waals surface area contributed by atoms with Crippen LogP contribution < -0.4 is 5.32 Å².